The molecular formula is C2H6Cl2O4S2Zn. The van der Waals surface area contributed by atoms with Gasteiger partial charge in [-0.25, -0.2) is 8.42 Å². The van der Waals surface area contributed by atoms with Crippen molar-refractivity contribution in [2.45, 2.75) is 0 Å². The van der Waals surface area contributed by atoms with Crippen molar-refractivity contribution in [1.82, 2.24) is 0 Å². The summed E-state index contributed by atoms with van der Waals surface area (Å²) in [6, 6.07) is 0. The van der Waals surface area contributed by atoms with Crippen LogP contribution in [-0.4, -0.2) is 27.9 Å². The van der Waals surface area contributed by atoms with Gasteiger partial charge in [0.05, 0.1) is 0 Å². The van der Waals surface area contributed by atoms with E-state index in [4.69, 9.17) is 32.3 Å². The number of halogens is 2. The second-order valence-corrected chi connectivity index (χ2v) is 3.89. The minimum absolute atomic E-state index is 0. The molecule has 0 bridgehead atoms. The van der Waals surface area contributed by atoms with Crippen LogP contribution in [0.2, 0.25) is 0 Å². The molecule has 0 aromatic heterocycles. The zero-order valence-electron chi connectivity index (χ0n) is 5.40. The van der Waals surface area contributed by atoms with Crippen LogP contribution in [0.4, 0.5) is 0 Å². The zero-order chi connectivity index (χ0) is 8.57. The van der Waals surface area contributed by atoms with Crippen molar-refractivity contribution in [3.05, 3.63) is 0 Å². The molecule has 0 aliphatic carbocycles. The van der Waals surface area contributed by atoms with Gasteiger partial charge in [-0.15, -0.1) is 23.2 Å². The van der Waals surface area contributed by atoms with E-state index in [2.05, 4.69) is 0 Å². The van der Waals surface area contributed by atoms with Gasteiger partial charge in [0.1, 0.15) is 10.4 Å². The summed E-state index contributed by atoms with van der Waals surface area (Å²) >= 11 is 5.96. The molecule has 2 unspecified atom stereocenters. The third kappa shape index (κ3) is 34.5. The van der Waals surface area contributed by atoms with Crippen molar-refractivity contribution >= 4 is 45.4 Å². The summed E-state index contributed by atoms with van der Waals surface area (Å²) in [6.07, 6.45) is 0. The Balaban J connectivity index is -0.000000107. The molecule has 11 heavy (non-hydrogen) atoms. The van der Waals surface area contributed by atoms with Crippen molar-refractivity contribution in [1.29, 1.82) is 0 Å². The predicted molar refractivity (Wildman–Crippen MR) is 43.0 cm³/mol. The van der Waals surface area contributed by atoms with E-state index in [0.29, 0.717) is 0 Å². The molecule has 2 N–H and O–H groups in total. The monoisotopic (exact) mass is 292 g/mol. The molecule has 0 radical (unpaired) electrons. The van der Waals surface area contributed by atoms with Gasteiger partial charge in [0.2, 0.25) is 0 Å². The topological polar surface area (TPSA) is 74.6 Å². The van der Waals surface area contributed by atoms with Gasteiger partial charge in [-0.1, -0.05) is 0 Å². The number of hydrogen-bond acceptors (Lipinski definition) is 2. The van der Waals surface area contributed by atoms with E-state index in [1.807, 2.05) is 0 Å². The van der Waals surface area contributed by atoms with Gasteiger partial charge >= 0.3 is 0 Å². The zero-order valence-corrected chi connectivity index (χ0v) is 11.5. The van der Waals surface area contributed by atoms with Crippen LogP contribution in [0.5, 0.6) is 0 Å². The molecule has 66 valence electrons. The van der Waals surface area contributed by atoms with E-state index in [1.54, 1.807) is 0 Å². The number of hydrogen-bond donors (Lipinski definition) is 2. The first-order chi connectivity index (χ1) is 4.54. The van der Waals surface area contributed by atoms with E-state index < -0.39 is 22.2 Å². The van der Waals surface area contributed by atoms with Crippen molar-refractivity contribution in [3.63, 3.8) is 0 Å². The molecule has 0 aromatic rings. The minimum Gasteiger partial charge on any atom is -0.305 e. The first-order valence-electron chi connectivity index (χ1n) is 1.81. The maximum Gasteiger partial charge on any atom is 0.168 e. The van der Waals surface area contributed by atoms with E-state index in [-0.39, 0.29) is 29.9 Å². The third-order valence-corrected chi connectivity index (χ3v) is 1.68. The second-order valence-electron chi connectivity index (χ2n) is 0.861. The summed E-state index contributed by atoms with van der Waals surface area (Å²) in [4.78, 5) is 0. The van der Waals surface area contributed by atoms with Gasteiger partial charge < -0.3 is 9.11 Å². The van der Waals surface area contributed by atoms with Crippen LogP contribution in [-0.2, 0) is 41.6 Å². The van der Waals surface area contributed by atoms with Gasteiger partial charge in [0.25, 0.3) is 0 Å². The molecule has 0 saturated carbocycles. The largest absolute Gasteiger partial charge is 0.305 e. The quantitative estimate of drug-likeness (QED) is 0.449. The molecule has 0 spiro atoms. The van der Waals surface area contributed by atoms with Crippen molar-refractivity contribution in [3.8, 4) is 0 Å². The minimum atomic E-state index is -1.81. The van der Waals surface area contributed by atoms with Crippen LogP contribution in [0.15, 0.2) is 0 Å². The molecule has 0 amide bonds. The smallest absolute Gasteiger partial charge is 0.168 e. The maximum absolute atomic E-state index is 9.35. The number of rotatable bonds is 2. The Morgan fingerprint density at radius 3 is 1.09 bits per heavy atom. The fraction of sp³-hybridized carbons (Fsp3) is 1.00. The van der Waals surface area contributed by atoms with Gasteiger partial charge in [0.15, 0.2) is 22.2 Å². The summed E-state index contributed by atoms with van der Waals surface area (Å²) < 4.78 is 34.1. The van der Waals surface area contributed by atoms with Gasteiger partial charge in [-0.3, -0.25) is 0 Å². The fourth-order valence-electron chi connectivity index (χ4n) is 0. The Morgan fingerprint density at radius 2 is 1.09 bits per heavy atom. The molecular weight excluding hydrogens is 288 g/mol. The summed E-state index contributed by atoms with van der Waals surface area (Å²) in [5.41, 5.74) is 0. The average Bonchev–Trinajstić information content (AvgIpc) is 1.89. The van der Waals surface area contributed by atoms with Crippen LogP contribution >= 0.6 is 23.2 Å². The Hall–Kier alpha value is 1.42. The molecule has 0 heterocycles. The van der Waals surface area contributed by atoms with E-state index in [9.17, 15) is 8.42 Å². The van der Waals surface area contributed by atoms with Gasteiger partial charge in [-0.05, 0) is 0 Å². The molecule has 0 rings (SSSR count). The average molecular weight is 294 g/mol. The van der Waals surface area contributed by atoms with Gasteiger partial charge in [0, 0.05) is 19.5 Å². The van der Waals surface area contributed by atoms with Crippen molar-refractivity contribution in [2.24, 2.45) is 0 Å². The Kier molecular flexibility index (Phi) is 23.2. The molecule has 0 aliphatic heterocycles. The first-order valence-corrected chi connectivity index (χ1v) is 5.43. The van der Waals surface area contributed by atoms with Crippen molar-refractivity contribution in [2.75, 3.05) is 10.4 Å². The van der Waals surface area contributed by atoms with E-state index in [1.165, 1.54) is 0 Å². The molecule has 2 atom stereocenters. The maximum atomic E-state index is 9.35. The van der Waals surface area contributed by atoms with Crippen LogP contribution in [0.3, 0.4) is 0 Å². The molecule has 9 heteroatoms. The standard InChI is InChI=1S/2CH3ClO2S.Zn/c2*2-1-5(3)4;/h2*1H2,(H,3,4);. The molecule has 0 aromatic carbocycles. The Labute approximate surface area is 92.4 Å². The normalized spacial score (nSPS) is 13.5. The SMILES string of the molecule is O=S(O)CCl.O=S(O)CCl.[Zn]. The summed E-state index contributed by atoms with van der Waals surface area (Å²) in [7, 11) is 0. The predicted octanol–water partition coefficient (Wildman–Crippen LogP) is 0.806. The van der Waals surface area contributed by atoms with Crippen LogP contribution < -0.4 is 0 Å². The number of alkyl halides is 2. The van der Waals surface area contributed by atoms with E-state index >= 15 is 0 Å². The fourth-order valence-corrected chi connectivity index (χ4v) is 0. The summed E-state index contributed by atoms with van der Waals surface area (Å²) in [5, 5.41) is -0.389. The third-order valence-electron chi connectivity index (χ3n) is 0.187. The Bertz CT molecular complexity index is 109. The summed E-state index contributed by atoms with van der Waals surface area (Å²) in [5.74, 6) is 0. The van der Waals surface area contributed by atoms with Crippen LogP contribution in [0, 0.1) is 0 Å². The second kappa shape index (κ2) is 14.0. The molecule has 4 nitrogen and oxygen atoms in total. The molecule has 0 aliphatic rings. The molecule has 0 fully saturated rings. The van der Waals surface area contributed by atoms with Gasteiger partial charge in [-0.2, -0.15) is 0 Å². The first kappa shape index (κ1) is 18.3. The van der Waals surface area contributed by atoms with Crippen molar-refractivity contribution < 1.29 is 37.0 Å². The summed E-state index contributed by atoms with van der Waals surface area (Å²) in [6.45, 7) is 0. The van der Waals surface area contributed by atoms with E-state index in [0.717, 1.165) is 0 Å². The van der Waals surface area contributed by atoms with Crippen LogP contribution in [0.25, 0.3) is 0 Å². The Morgan fingerprint density at radius 1 is 1.00 bits per heavy atom. The molecule has 0 saturated heterocycles. The van der Waals surface area contributed by atoms with Crippen LogP contribution in [0.1, 0.15) is 0 Å².